The first-order chi connectivity index (χ1) is 15.8. The van der Waals surface area contributed by atoms with Crippen LogP contribution in [0.2, 0.25) is 5.02 Å². The molecule has 2 aromatic carbocycles. The molecule has 0 radical (unpaired) electrons. The summed E-state index contributed by atoms with van der Waals surface area (Å²) in [6.45, 7) is 0.0856. The fourth-order valence-corrected chi connectivity index (χ4v) is 3.02. The van der Waals surface area contributed by atoms with Gasteiger partial charge in [0.2, 0.25) is 5.75 Å². The number of carbonyl (C=O) groups excluding carboxylic acids is 1. The van der Waals surface area contributed by atoms with Gasteiger partial charge in [0.1, 0.15) is 11.8 Å². The Morgan fingerprint density at radius 2 is 1.97 bits per heavy atom. The highest BCUT2D eigenvalue weighted by atomic mass is 35.5. The molecular formula is C22H18ClFN4O5. The van der Waals surface area contributed by atoms with Gasteiger partial charge in [0, 0.05) is 18.1 Å². The third-order valence-corrected chi connectivity index (χ3v) is 4.83. The van der Waals surface area contributed by atoms with E-state index in [4.69, 9.17) is 31.2 Å². The highest BCUT2D eigenvalue weighted by Crippen LogP contribution is 2.30. The Labute approximate surface area is 193 Å². The van der Waals surface area contributed by atoms with Gasteiger partial charge in [-0.25, -0.2) is 14.4 Å². The number of benzene rings is 2. The highest BCUT2D eigenvalue weighted by Gasteiger charge is 2.25. The van der Waals surface area contributed by atoms with Crippen molar-refractivity contribution in [1.82, 2.24) is 14.6 Å². The van der Waals surface area contributed by atoms with Crippen molar-refractivity contribution in [2.24, 2.45) is 0 Å². The topological polar surface area (TPSA) is 107 Å². The Morgan fingerprint density at radius 1 is 1.27 bits per heavy atom. The Bertz CT molecular complexity index is 1290. The minimum Gasteiger partial charge on any atom is -0.497 e. The molecule has 11 heteroatoms. The first-order valence-corrected chi connectivity index (χ1v) is 9.78. The van der Waals surface area contributed by atoms with Crippen LogP contribution in [-0.2, 0) is 11.4 Å². The molecule has 0 N–H and O–H groups in total. The minimum atomic E-state index is -1.04. The number of hydrogen-bond acceptors (Lipinski definition) is 7. The van der Waals surface area contributed by atoms with Crippen molar-refractivity contribution in [3.8, 4) is 23.3 Å². The third-order valence-electron chi connectivity index (χ3n) is 4.61. The molecule has 33 heavy (non-hydrogen) atoms. The number of nitrogens with zero attached hydrogens (tertiary/aromatic N) is 4. The molecule has 3 rings (SSSR count). The quantitative estimate of drug-likeness (QED) is 0.485. The summed E-state index contributed by atoms with van der Waals surface area (Å²) < 4.78 is 26.5. The predicted octanol–water partition coefficient (Wildman–Crippen LogP) is 3.39. The average molecular weight is 473 g/mol. The largest absolute Gasteiger partial charge is 0.497 e. The molecule has 0 saturated carbocycles. The molecule has 0 spiro atoms. The SMILES string of the molecule is COc1ccc(Cn2cnc(C(=O)N(C)OC)c(Oc3cc(Cl)cc(C#N)c3F)c2=O)cc1. The van der Waals surface area contributed by atoms with Gasteiger partial charge in [0.15, 0.2) is 17.3 Å². The number of nitriles is 1. The first-order valence-electron chi connectivity index (χ1n) is 9.40. The van der Waals surface area contributed by atoms with Crippen LogP contribution in [-0.4, -0.2) is 41.8 Å². The molecule has 1 amide bonds. The van der Waals surface area contributed by atoms with Gasteiger partial charge in [0.25, 0.3) is 11.5 Å². The number of hydrogen-bond donors (Lipinski definition) is 0. The summed E-state index contributed by atoms with van der Waals surface area (Å²) in [4.78, 5) is 34.8. The van der Waals surface area contributed by atoms with E-state index in [1.165, 1.54) is 32.2 Å². The second-order valence-corrected chi connectivity index (χ2v) is 7.10. The number of carbonyl (C=O) groups is 1. The lowest BCUT2D eigenvalue weighted by Gasteiger charge is -2.17. The molecule has 1 heterocycles. The second-order valence-electron chi connectivity index (χ2n) is 6.67. The molecule has 0 aliphatic carbocycles. The molecule has 3 aromatic rings. The summed E-state index contributed by atoms with van der Waals surface area (Å²) in [6.07, 6.45) is 1.17. The normalized spacial score (nSPS) is 10.4. The van der Waals surface area contributed by atoms with Crippen LogP contribution in [0.1, 0.15) is 21.6 Å². The predicted molar refractivity (Wildman–Crippen MR) is 116 cm³/mol. The molecule has 0 bridgehead atoms. The van der Waals surface area contributed by atoms with E-state index in [-0.39, 0.29) is 17.1 Å². The highest BCUT2D eigenvalue weighted by molar-refractivity contribution is 6.30. The lowest BCUT2D eigenvalue weighted by molar-refractivity contribution is -0.0762. The van der Waals surface area contributed by atoms with Crippen LogP contribution in [0.4, 0.5) is 4.39 Å². The zero-order valence-corrected chi connectivity index (χ0v) is 18.6. The van der Waals surface area contributed by atoms with E-state index in [2.05, 4.69) is 4.98 Å². The number of halogens is 2. The third kappa shape index (κ3) is 5.11. The summed E-state index contributed by atoms with van der Waals surface area (Å²) in [6, 6.07) is 10.8. The van der Waals surface area contributed by atoms with E-state index >= 15 is 0 Å². The number of methoxy groups -OCH3 is 1. The molecule has 0 fully saturated rings. The smallest absolute Gasteiger partial charge is 0.299 e. The second kappa shape index (κ2) is 10.1. The van der Waals surface area contributed by atoms with E-state index < -0.39 is 34.5 Å². The molecule has 170 valence electrons. The van der Waals surface area contributed by atoms with Crippen molar-refractivity contribution >= 4 is 17.5 Å². The van der Waals surface area contributed by atoms with Gasteiger partial charge >= 0.3 is 0 Å². The van der Waals surface area contributed by atoms with E-state index in [0.717, 1.165) is 22.8 Å². The van der Waals surface area contributed by atoms with Crippen LogP contribution < -0.4 is 15.0 Å². The number of rotatable bonds is 7. The van der Waals surface area contributed by atoms with Gasteiger partial charge in [-0.2, -0.15) is 5.26 Å². The van der Waals surface area contributed by atoms with Crippen LogP contribution in [0.5, 0.6) is 17.2 Å². The van der Waals surface area contributed by atoms with Crippen molar-refractivity contribution < 1.29 is 23.5 Å². The fourth-order valence-electron chi connectivity index (χ4n) is 2.82. The lowest BCUT2D eigenvalue weighted by Crippen LogP contribution is -2.31. The monoisotopic (exact) mass is 472 g/mol. The van der Waals surface area contributed by atoms with Crippen LogP contribution in [0.15, 0.2) is 47.5 Å². The van der Waals surface area contributed by atoms with Crippen molar-refractivity contribution in [1.29, 1.82) is 5.26 Å². The Hall–Kier alpha value is -3.94. The van der Waals surface area contributed by atoms with Crippen LogP contribution in [0.3, 0.4) is 0 Å². The van der Waals surface area contributed by atoms with Gasteiger partial charge in [0.05, 0.1) is 32.7 Å². The summed E-state index contributed by atoms with van der Waals surface area (Å²) in [7, 11) is 4.09. The molecular weight excluding hydrogens is 455 g/mol. The molecule has 0 saturated heterocycles. The van der Waals surface area contributed by atoms with Crippen LogP contribution in [0.25, 0.3) is 0 Å². The zero-order valence-electron chi connectivity index (χ0n) is 17.8. The van der Waals surface area contributed by atoms with Crippen molar-refractivity contribution in [3.05, 3.63) is 80.7 Å². The molecule has 1 aromatic heterocycles. The van der Waals surface area contributed by atoms with Gasteiger partial charge in [-0.3, -0.25) is 19.0 Å². The van der Waals surface area contributed by atoms with Gasteiger partial charge in [-0.1, -0.05) is 23.7 Å². The van der Waals surface area contributed by atoms with Gasteiger partial charge < -0.3 is 9.47 Å². The number of hydroxylamine groups is 2. The molecule has 9 nitrogen and oxygen atoms in total. The van der Waals surface area contributed by atoms with E-state index in [9.17, 15) is 14.0 Å². The van der Waals surface area contributed by atoms with Crippen molar-refractivity contribution in [2.45, 2.75) is 6.54 Å². The van der Waals surface area contributed by atoms with Crippen molar-refractivity contribution in [3.63, 3.8) is 0 Å². The number of aromatic nitrogens is 2. The Balaban J connectivity index is 2.11. The van der Waals surface area contributed by atoms with Crippen LogP contribution >= 0.6 is 11.6 Å². The van der Waals surface area contributed by atoms with Gasteiger partial charge in [-0.05, 0) is 23.8 Å². The summed E-state index contributed by atoms with van der Waals surface area (Å²) >= 11 is 5.94. The van der Waals surface area contributed by atoms with E-state index in [0.29, 0.717) is 5.75 Å². The maximum absolute atomic E-state index is 14.7. The van der Waals surface area contributed by atoms with Crippen molar-refractivity contribution in [2.75, 3.05) is 21.3 Å². The Morgan fingerprint density at radius 3 is 2.58 bits per heavy atom. The zero-order chi connectivity index (χ0) is 24.1. The number of amides is 1. The fraction of sp³-hybridized carbons (Fsp3) is 0.182. The molecule has 0 unspecified atom stereocenters. The average Bonchev–Trinajstić information content (AvgIpc) is 2.83. The van der Waals surface area contributed by atoms with Crippen LogP contribution in [0, 0.1) is 17.1 Å². The van der Waals surface area contributed by atoms with E-state index in [1.54, 1.807) is 30.3 Å². The summed E-state index contributed by atoms with van der Waals surface area (Å²) in [5.74, 6) is -2.25. The maximum atomic E-state index is 14.7. The molecule has 0 aliphatic rings. The molecule has 0 aliphatic heterocycles. The van der Waals surface area contributed by atoms with E-state index in [1.807, 2.05) is 0 Å². The van der Waals surface area contributed by atoms with Gasteiger partial charge in [-0.15, -0.1) is 0 Å². The first kappa shape index (κ1) is 23.7. The lowest BCUT2D eigenvalue weighted by atomic mass is 10.2. The standard InChI is InChI=1S/C22H18ClFN4O5/c1-27(32-3)21(29)19-20(33-17-9-15(23)8-14(10-25)18(17)24)22(30)28(12-26-19)11-13-4-6-16(31-2)7-5-13/h4-9,12H,11H2,1-3H3. The summed E-state index contributed by atoms with van der Waals surface area (Å²) in [5.41, 5.74) is -0.818. The molecule has 0 atom stereocenters. The Kier molecular flexibility index (Phi) is 7.27. The summed E-state index contributed by atoms with van der Waals surface area (Å²) in [5, 5.41) is 9.95. The maximum Gasteiger partial charge on any atom is 0.299 e. The number of ether oxygens (including phenoxy) is 2. The minimum absolute atomic E-state index is 0.00675.